The lowest BCUT2D eigenvalue weighted by Gasteiger charge is -2.02. The highest BCUT2D eigenvalue weighted by Crippen LogP contribution is 1.83. The highest BCUT2D eigenvalue weighted by atomic mass is 15.3. The third-order valence-electron chi connectivity index (χ3n) is 0.705. The van der Waals surface area contributed by atoms with E-state index in [-0.39, 0.29) is 0 Å². The molecule has 2 heteroatoms. The van der Waals surface area contributed by atoms with Gasteiger partial charge in [-0.3, -0.25) is 0 Å². The fraction of sp³-hybridized carbons (Fsp3) is 0.857. The van der Waals surface area contributed by atoms with Gasteiger partial charge in [0.15, 0.2) is 0 Å². The summed E-state index contributed by atoms with van der Waals surface area (Å²) in [6.07, 6.45) is 1.90. The highest BCUT2D eigenvalue weighted by Gasteiger charge is 1.86. The fourth-order valence-corrected chi connectivity index (χ4v) is 0.341. The molecule has 0 rings (SSSR count). The Morgan fingerprint density at radius 2 is 1.78 bits per heavy atom. The van der Waals surface area contributed by atoms with Crippen molar-refractivity contribution in [3.63, 3.8) is 0 Å². The molecule has 1 N–H and O–H groups in total. The molecular weight excluding hydrogens is 112 g/mol. The first-order valence-electron chi connectivity index (χ1n) is 3.41. The number of nitrogens with one attached hydrogen (secondary N) is 1. The molecule has 0 aromatic carbocycles. The van der Waals surface area contributed by atoms with Crippen molar-refractivity contribution >= 4 is 6.21 Å². The van der Waals surface area contributed by atoms with Crippen LogP contribution in [0.5, 0.6) is 0 Å². The van der Waals surface area contributed by atoms with Crippen LogP contribution < -0.4 is 5.43 Å². The molecule has 54 valence electrons. The number of hydrazone groups is 1. The topological polar surface area (TPSA) is 24.4 Å². The third-order valence-corrected chi connectivity index (χ3v) is 0.705. The monoisotopic (exact) mass is 128 g/mol. The van der Waals surface area contributed by atoms with Crippen molar-refractivity contribution in [2.75, 3.05) is 0 Å². The summed E-state index contributed by atoms with van der Waals surface area (Å²) in [5.41, 5.74) is 2.95. The highest BCUT2D eigenvalue weighted by molar-refractivity contribution is 5.59. The molecule has 0 saturated carbocycles. The fourth-order valence-electron chi connectivity index (χ4n) is 0.341. The van der Waals surface area contributed by atoms with Gasteiger partial charge in [0.05, 0.1) is 0 Å². The molecule has 0 amide bonds. The molecule has 0 fully saturated rings. The molecule has 0 heterocycles. The summed E-state index contributed by atoms with van der Waals surface area (Å²) >= 11 is 0. The molecule has 0 bridgehead atoms. The van der Waals surface area contributed by atoms with Crippen molar-refractivity contribution in [2.24, 2.45) is 11.0 Å². The van der Waals surface area contributed by atoms with E-state index in [2.05, 4.69) is 38.2 Å². The Labute approximate surface area is 57.3 Å². The Kier molecular flexibility index (Phi) is 4.10. The second-order valence-corrected chi connectivity index (χ2v) is 2.81. The lowest BCUT2D eigenvalue weighted by Crippen LogP contribution is -2.16. The van der Waals surface area contributed by atoms with Crippen LogP contribution in [0.4, 0.5) is 0 Å². The second kappa shape index (κ2) is 4.36. The van der Waals surface area contributed by atoms with Gasteiger partial charge in [-0.15, -0.1) is 0 Å². The Morgan fingerprint density at radius 1 is 1.22 bits per heavy atom. The molecule has 0 aliphatic heterocycles. The van der Waals surface area contributed by atoms with E-state index in [0.717, 1.165) is 0 Å². The van der Waals surface area contributed by atoms with Crippen molar-refractivity contribution in [2.45, 2.75) is 33.7 Å². The van der Waals surface area contributed by atoms with Gasteiger partial charge in [-0.25, -0.2) is 0 Å². The summed E-state index contributed by atoms with van der Waals surface area (Å²) < 4.78 is 0. The van der Waals surface area contributed by atoms with Gasteiger partial charge >= 0.3 is 0 Å². The van der Waals surface area contributed by atoms with Gasteiger partial charge < -0.3 is 5.43 Å². The zero-order valence-electron chi connectivity index (χ0n) is 6.68. The zero-order valence-corrected chi connectivity index (χ0v) is 6.68. The minimum atomic E-state index is 0.444. The molecule has 0 aromatic rings. The van der Waals surface area contributed by atoms with Gasteiger partial charge in [-0.05, 0) is 19.8 Å². The number of hydrogen-bond donors (Lipinski definition) is 1. The van der Waals surface area contributed by atoms with Crippen LogP contribution in [0.2, 0.25) is 0 Å². The summed E-state index contributed by atoms with van der Waals surface area (Å²) in [5.74, 6) is 0.538. The van der Waals surface area contributed by atoms with E-state index in [0.29, 0.717) is 12.0 Å². The minimum absolute atomic E-state index is 0.444. The number of nitrogens with zero attached hydrogens (tertiary/aromatic N) is 1. The maximum atomic E-state index is 4.00. The average molecular weight is 128 g/mol. The van der Waals surface area contributed by atoms with Crippen molar-refractivity contribution in [1.82, 2.24) is 5.43 Å². The van der Waals surface area contributed by atoms with Crippen LogP contribution in [0.15, 0.2) is 5.10 Å². The van der Waals surface area contributed by atoms with Crippen LogP contribution in [0.3, 0.4) is 0 Å². The van der Waals surface area contributed by atoms with Crippen LogP contribution in [-0.4, -0.2) is 12.3 Å². The first-order valence-corrected chi connectivity index (χ1v) is 3.41. The maximum absolute atomic E-state index is 4.00. The van der Waals surface area contributed by atoms with Crippen molar-refractivity contribution in [3.05, 3.63) is 0 Å². The smallest absolute Gasteiger partial charge is 0.0383 e. The molecule has 0 saturated heterocycles. The van der Waals surface area contributed by atoms with E-state index in [1.807, 2.05) is 6.21 Å². The maximum Gasteiger partial charge on any atom is 0.0383 e. The predicted octanol–water partition coefficient (Wildman–Crippen LogP) is 1.63. The van der Waals surface area contributed by atoms with E-state index >= 15 is 0 Å². The second-order valence-electron chi connectivity index (χ2n) is 2.81. The zero-order chi connectivity index (χ0) is 7.28. The molecular formula is C7H16N2. The van der Waals surface area contributed by atoms with Gasteiger partial charge in [-0.1, -0.05) is 13.8 Å². The van der Waals surface area contributed by atoms with Crippen LogP contribution in [0.25, 0.3) is 0 Å². The Balaban J connectivity index is 3.25. The molecule has 0 unspecified atom stereocenters. The largest absolute Gasteiger partial charge is 0.308 e. The van der Waals surface area contributed by atoms with Crippen LogP contribution in [0, 0.1) is 5.92 Å². The molecule has 0 aliphatic rings. The average Bonchev–Trinajstić information content (AvgIpc) is 1.63. The van der Waals surface area contributed by atoms with E-state index in [4.69, 9.17) is 0 Å². The lowest BCUT2D eigenvalue weighted by atomic mass is 10.3. The minimum Gasteiger partial charge on any atom is -0.308 e. The predicted molar refractivity (Wildman–Crippen MR) is 41.6 cm³/mol. The van der Waals surface area contributed by atoms with Gasteiger partial charge in [0.1, 0.15) is 0 Å². The molecule has 0 aliphatic carbocycles. The molecule has 0 aromatic heterocycles. The van der Waals surface area contributed by atoms with Gasteiger partial charge in [0.2, 0.25) is 0 Å². The van der Waals surface area contributed by atoms with Crippen molar-refractivity contribution in [1.29, 1.82) is 0 Å². The van der Waals surface area contributed by atoms with Gasteiger partial charge in [-0.2, -0.15) is 5.10 Å². The van der Waals surface area contributed by atoms with Crippen LogP contribution in [-0.2, 0) is 0 Å². The Morgan fingerprint density at radius 3 is 2.11 bits per heavy atom. The van der Waals surface area contributed by atoms with E-state index in [1.165, 1.54) is 0 Å². The van der Waals surface area contributed by atoms with Gasteiger partial charge in [0, 0.05) is 12.3 Å². The summed E-state index contributed by atoms with van der Waals surface area (Å²) in [6, 6.07) is 0.444. The van der Waals surface area contributed by atoms with Crippen LogP contribution >= 0.6 is 0 Å². The van der Waals surface area contributed by atoms with Crippen molar-refractivity contribution in [3.8, 4) is 0 Å². The van der Waals surface area contributed by atoms with Crippen molar-refractivity contribution < 1.29 is 0 Å². The molecule has 9 heavy (non-hydrogen) atoms. The van der Waals surface area contributed by atoms with E-state index in [9.17, 15) is 0 Å². The van der Waals surface area contributed by atoms with E-state index < -0.39 is 0 Å². The molecule has 0 spiro atoms. The summed E-state index contributed by atoms with van der Waals surface area (Å²) in [4.78, 5) is 0. The normalized spacial score (nSPS) is 11.8. The standard InChI is InChI=1S/C7H16N2/c1-6(2)5-8-9-7(3)4/h5-7,9H,1-4H3/b8-5+. The van der Waals surface area contributed by atoms with Crippen LogP contribution in [0.1, 0.15) is 27.7 Å². The Hall–Kier alpha value is -0.530. The SMILES string of the molecule is CC(C)/C=N/NC(C)C. The summed E-state index contributed by atoms with van der Waals surface area (Å²) in [6.45, 7) is 8.34. The molecule has 2 nitrogen and oxygen atoms in total. The lowest BCUT2D eigenvalue weighted by molar-refractivity contribution is 0.618. The Bertz CT molecular complexity index is 84.9. The van der Waals surface area contributed by atoms with Gasteiger partial charge in [0.25, 0.3) is 0 Å². The number of hydrogen-bond acceptors (Lipinski definition) is 2. The molecule has 0 radical (unpaired) electrons. The number of rotatable bonds is 3. The molecule has 0 atom stereocenters. The third kappa shape index (κ3) is 7.47. The first kappa shape index (κ1) is 8.47. The quantitative estimate of drug-likeness (QED) is 0.453. The van der Waals surface area contributed by atoms with E-state index in [1.54, 1.807) is 0 Å². The first-order chi connectivity index (χ1) is 4.13. The summed E-state index contributed by atoms with van der Waals surface area (Å²) in [5, 5.41) is 4.00. The summed E-state index contributed by atoms with van der Waals surface area (Å²) in [7, 11) is 0.